The number of halogens is 1. The van der Waals surface area contributed by atoms with E-state index in [1.807, 2.05) is 12.2 Å². The summed E-state index contributed by atoms with van der Waals surface area (Å²) in [5, 5.41) is 3.27. The van der Waals surface area contributed by atoms with Gasteiger partial charge in [-0.3, -0.25) is 4.55 Å². The number of hydrogen-bond acceptors (Lipinski definition) is 3. The minimum atomic E-state index is -3.90. The van der Waals surface area contributed by atoms with Crippen molar-refractivity contribution in [1.82, 2.24) is 5.32 Å². The summed E-state index contributed by atoms with van der Waals surface area (Å²) in [5.74, 6) is -0.0213. The Labute approximate surface area is 132 Å². The SMILES string of the molecule is CC(C)C[C@H](C=Cc1ccc(F)cc1)NCCCS(=O)(=O)O. The van der Waals surface area contributed by atoms with Crippen LogP contribution in [0.4, 0.5) is 4.39 Å². The van der Waals surface area contributed by atoms with Crippen LogP contribution in [-0.2, 0) is 10.1 Å². The fraction of sp³-hybridized carbons (Fsp3) is 0.500. The van der Waals surface area contributed by atoms with E-state index < -0.39 is 10.1 Å². The number of nitrogens with one attached hydrogen (secondary N) is 1. The smallest absolute Gasteiger partial charge is 0.264 e. The lowest BCUT2D eigenvalue weighted by atomic mass is 10.0. The standard InChI is InChI=1S/C16H24FNO3S/c1-13(2)12-16(18-10-3-11-22(19,20)21)9-6-14-4-7-15(17)8-5-14/h4-9,13,16,18H,3,10-12H2,1-2H3,(H,19,20,21)/t16-/m0/s1. The van der Waals surface area contributed by atoms with E-state index in [0.29, 0.717) is 18.9 Å². The molecule has 0 heterocycles. The molecule has 0 amide bonds. The van der Waals surface area contributed by atoms with Crippen LogP contribution in [0.25, 0.3) is 6.08 Å². The maximum absolute atomic E-state index is 12.9. The van der Waals surface area contributed by atoms with Crippen LogP contribution in [0.15, 0.2) is 30.3 Å². The van der Waals surface area contributed by atoms with Crippen LogP contribution in [-0.4, -0.2) is 31.3 Å². The van der Waals surface area contributed by atoms with E-state index >= 15 is 0 Å². The van der Waals surface area contributed by atoms with Crippen LogP contribution in [0.1, 0.15) is 32.3 Å². The molecule has 1 rings (SSSR count). The Kier molecular flexibility index (Phi) is 7.72. The van der Waals surface area contributed by atoms with E-state index in [4.69, 9.17) is 4.55 Å². The van der Waals surface area contributed by atoms with Crippen LogP contribution >= 0.6 is 0 Å². The molecule has 1 aromatic carbocycles. The molecule has 0 saturated heterocycles. The van der Waals surface area contributed by atoms with E-state index in [1.54, 1.807) is 12.1 Å². The monoisotopic (exact) mass is 329 g/mol. The molecule has 0 radical (unpaired) electrons. The molecule has 1 atom stereocenters. The second-order valence-electron chi connectivity index (χ2n) is 5.74. The minimum Gasteiger partial charge on any atom is -0.310 e. The molecule has 1 aromatic rings. The molecule has 0 fully saturated rings. The van der Waals surface area contributed by atoms with Crippen molar-refractivity contribution in [3.8, 4) is 0 Å². The third-order valence-electron chi connectivity index (χ3n) is 3.10. The molecule has 0 aliphatic rings. The third-order valence-corrected chi connectivity index (χ3v) is 3.91. The highest BCUT2D eigenvalue weighted by Crippen LogP contribution is 2.10. The summed E-state index contributed by atoms with van der Waals surface area (Å²) in [6.45, 7) is 4.72. The van der Waals surface area contributed by atoms with Gasteiger partial charge in [0.1, 0.15) is 5.82 Å². The lowest BCUT2D eigenvalue weighted by Crippen LogP contribution is -2.30. The van der Waals surface area contributed by atoms with Crippen molar-refractivity contribution in [2.24, 2.45) is 5.92 Å². The molecular weight excluding hydrogens is 305 g/mol. The van der Waals surface area contributed by atoms with Gasteiger partial charge in [-0.15, -0.1) is 0 Å². The van der Waals surface area contributed by atoms with Crippen molar-refractivity contribution >= 4 is 16.2 Å². The van der Waals surface area contributed by atoms with Crippen LogP contribution in [0.3, 0.4) is 0 Å². The fourth-order valence-corrected chi connectivity index (χ4v) is 2.59. The number of hydrogen-bond donors (Lipinski definition) is 2. The zero-order valence-electron chi connectivity index (χ0n) is 13.0. The molecule has 4 nitrogen and oxygen atoms in total. The summed E-state index contributed by atoms with van der Waals surface area (Å²) in [6.07, 6.45) is 5.18. The van der Waals surface area contributed by atoms with E-state index in [0.717, 1.165) is 12.0 Å². The maximum atomic E-state index is 12.9. The Balaban J connectivity index is 2.54. The van der Waals surface area contributed by atoms with Gasteiger partial charge in [-0.05, 0) is 43.0 Å². The fourth-order valence-electron chi connectivity index (χ4n) is 2.08. The molecule has 22 heavy (non-hydrogen) atoms. The zero-order chi connectivity index (χ0) is 16.6. The average Bonchev–Trinajstić information content (AvgIpc) is 2.40. The quantitative estimate of drug-likeness (QED) is 0.539. The predicted octanol–water partition coefficient (Wildman–Crippen LogP) is 3.12. The molecule has 0 aliphatic heterocycles. The van der Waals surface area contributed by atoms with Crippen LogP contribution < -0.4 is 5.32 Å². The first-order chi connectivity index (χ1) is 10.3. The molecular formula is C16H24FNO3S. The van der Waals surface area contributed by atoms with Gasteiger partial charge < -0.3 is 5.32 Å². The second kappa shape index (κ2) is 9.02. The predicted molar refractivity (Wildman–Crippen MR) is 87.7 cm³/mol. The lowest BCUT2D eigenvalue weighted by molar-refractivity contribution is 0.462. The first-order valence-electron chi connectivity index (χ1n) is 7.38. The normalized spacial score (nSPS) is 13.9. The van der Waals surface area contributed by atoms with Crippen LogP contribution in [0.2, 0.25) is 0 Å². The maximum Gasteiger partial charge on any atom is 0.264 e. The first-order valence-corrected chi connectivity index (χ1v) is 8.99. The molecule has 6 heteroatoms. The van der Waals surface area contributed by atoms with E-state index in [1.165, 1.54) is 12.1 Å². The Morgan fingerprint density at radius 1 is 1.27 bits per heavy atom. The van der Waals surface area contributed by atoms with Gasteiger partial charge in [0, 0.05) is 6.04 Å². The van der Waals surface area contributed by atoms with Crippen LogP contribution in [0, 0.1) is 11.7 Å². The Morgan fingerprint density at radius 3 is 2.45 bits per heavy atom. The Morgan fingerprint density at radius 2 is 1.91 bits per heavy atom. The summed E-state index contributed by atoms with van der Waals surface area (Å²) in [6, 6.07) is 6.34. The average molecular weight is 329 g/mol. The van der Waals surface area contributed by atoms with Gasteiger partial charge in [-0.25, -0.2) is 4.39 Å². The second-order valence-corrected chi connectivity index (χ2v) is 7.31. The molecule has 0 aromatic heterocycles. The van der Waals surface area contributed by atoms with Gasteiger partial charge in [-0.2, -0.15) is 8.42 Å². The van der Waals surface area contributed by atoms with E-state index in [2.05, 4.69) is 19.2 Å². The van der Waals surface area contributed by atoms with Crippen molar-refractivity contribution in [1.29, 1.82) is 0 Å². The van der Waals surface area contributed by atoms with Crippen molar-refractivity contribution in [2.45, 2.75) is 32.7 Å². The van der Waals surface area contributed by atoms with Crippen molar-refractivity contribution < 1.29 is 17.4 Å². The van der Waals surface area contributed by atoms with E-state index in [-0.39, 0.29) is 17.6 Å². The summed E-state index contributed by atoms with van der Waals surface area (Å²) in [7, 11) is -3.90. The molecule has 124 valence electrons. The van der Waals surface area contributed by atoms with Gasteiger partial charge in [-0.1, -0.05) is 38.1 Å². The number of rotatable bonds is 9. The number of benzene rings is 1. The highest BCUT2D eigenvalue weighted by Gasteiger charge is 2.08. The summed E-state index contributed by atoms with van der Waals surface area (Å²) >= 11 is 0. The van der Waals surface area contributed by atoms with Gasteiger partial charge in [0.15, 0.2) is 0 Å². The third kappa shape index (κ3) is 8.92. The summed E-state index contributed by atoms with van der Waals surface area (Å²) < 4.78 is 42.9. The van der Waals surface area contributed by atoms with Crippen molar-refractivity contribution in [2.75, 3.05) is 12.3 Å². The minimum absolute atomic E-state index is 0.103. The first kappa shape index (κ1) is 18.8. The largest absolute Gasteiger partial charge is 0.310 e. The van der Waals surface area contributed by atoms with Gasteiger partial charge in [0.05, 0.1) is 5.75 Å². The van der Waals surface area contributed by atoms with Crippen molar-refractivity contribution in [3.63, 3.8) is 0 Å². The molecule has 0 aliphatic carbocycles. The lowest BCUT2D eigenvalue weighted by Gasteiger charge is -2.17. The van der Waals surface area contributed by atoms with Crippen molar-refractivity contribution in [3.05, 3.63) is 41.7 Å². The Hall–Kier alpha value is -1.24. The van der Waals surface area contributed by atoms with Gasteiger partial charge in [0.2, 0.25) is 0 Å². The summed E-state index contributed by atoms with van der Waals surface area (Å²) in [4.78, 5) is 0. The topological polar surface area (TPSA) is 66.4 Å². The van der Waals surface area contributed by atoms with E-state index in [9.17, 15) is 12.8 Å². The van der Waals surface area contributed by atoms with Crippen LogP contribution in [0.5, 0.6) is 0 Å². The Bertz CT molecular complexity index is 568. The molecule has 0 spiro atoms. The zero-order valence-corrected chi connectivity index (χ0v) is 13.8. The summed E-state index contributed by atoms with van der Waals surface area (Å²) in [5.41, 5.74) is 0.912. The highest BCUT2D eigenvalue weighted by atomic mass is 32.2. The molecule has 0 saturated carbocycles. The molecule has 0 bridgehead atoms. The van der Waals surface area contributed by atoms with Gasteiger partial charge in [0.25, 0.3) is 10.1 Å². The highest BCUT2D eigenvalue weighted by molar-refractivity contribution is 7.85. The molecule has 2 N–H and O–H groups in total. The van der Waals surface area contributed by atoms with Gasteiger partial charge >= 0.3 is 0 Å². The molecule has 0 unspecified atom stereocenters.